The highest BCUT2D eigenvalue weighted by molar-refractivity contribution is 6.09. The van der Waals surface area contributed by atoms with Crippen LogP contribution in [0.15, 0.2) is 30.5 Å². The molecule has 5 nitrogen and oxygen atoms in total. The van der Waals surface area contributed by atoms with Gasteiger partial charge < -0.3 is 10.6 Å². The van der Waals surface area contributed by atoms with Gasteiger partial charge in [0, 0.05) is 11.7 Å². The largest absolute Gasteiger partial charge is 0.396 e. The monoisotopic (exact) mass is 242 g/mol. The molecule has 1 aromatic carbocycles. The van der Waals surface area contributed by atoms with Gasteiger partial charge in [0.25, 0.3) is 5.91 Å². The second-order valence-electron chi connectivity index (χ2n) is 4.56. The summed E-state index contributed by atoms with van der Waals surface area (Å²) in [5.74, 6) is -0.123. The maximum absolute atomic E-state index is 12.5. The predicted molar refractivity (Wildman–Crippen MR) is 69.4 cm³/mol. The Morgan fingerprint density at radius 1 is 1.50 bits per heavy atom. The van der Waals surface area contributed by atoms with Crippen molar-refractivity contribution in [1.82, 2.24) is 10.2 Å². The summed E-state index contributed by atoms with van der Waals surface area (Å²) < 4.78 is 0. The zero-order valence-corrected chi connectivity index (χ0v) is 10.1. The van der Waals surface area contributed by atoms with Crippen LogP contribution >= 0.6 is 0 Å². The highest BCUT2D eigenvalue weighted by Gasteiger charge is 2.32. The number of para-hydroxylation sites is 1. The number of nitrogens with two attached hydrogens (primary N) is 1. The third-order valence-electron chi connectivity index (χ3n) is 3.31. The van der Waals surface area contributed by atoms with Gasteiger partial charge in [0.15, 0.2) is 0 Å². The average Bonchev–Trinajstić information content (AvgIpc) is 2.91. The van der Waals surface area contributed by atoms with E-state index in [9.17, 15) is 4.79 Å². The lowest BCUT2D eigenvalue weighted by Gasteiger charge is -2.22. The van der Waals surface area contributed by atoms with Crippen LogP contribution in [0.5, 0.6) is 0 Å². The quantitative estimate of drug-likeness (QED) is 0.797. The average molecular weight is 242 g/mol. The standard InChI is InChI=1S/C13H14N4O/c1-8-6-9-4-2-3-5-11(9)17(8)13(18)12-10(14)7-15-16-12/h2-5,7-8H,6,14H2,1H3,(H,15,16). The fourth-order valence-corrected chi connectivity index (χ4v) is 2.46. The molecule has 0 aliphatic carbocycles. The Hall–Kier alpha value is -2.30. The molecule has 0 spiro atoms. The number of aromatic amines is 1. The Morgan fingerprint density at radius 3 is 3.00 bits per heavy atom. The molecule has 1 amide bonds. The Morgan fingerprint density at radius 2 is 2.28 bits per heavy atom. The second-order valence-corrected chi connectivity index (χ2v) is 4.56. The zero-order chi connectivity index (χ0) is 12.7. The van der Waals surface area contributed by atoms with Crippen molar-refractivity contribution in [2.24, 2.45) is 0 Å². The van der Waals surface area contributed by atoms with Crippen LogP contribution in [0.25, 0.3) is 0 Å². The van der Waals surface area contributed by atoms with Crippen molar-refractivity contribution in [3.8, 4) is 0 Å². The van der Waals surface area contributed by atoms with E-state index in [2.05, 4.69) is 16.3 Å². The summed E-state index contributed by atoms with van der Waals surface area (Å²) in [7, 11) is 0. The fourth-order valence-electron chi connectivity index (χ4n) is 2.46. The number of nitrogen functional groups attached to an aromatic ring is 1. The van der Waals surface area contributed by atoms with Crippen LogP contribution in [0.3, 0.4) is 0 Å². The molecule has 2 aromatic rings. The number of carbonyl (C=O) groups is 1. The van der Waals surface area contributed by atoms with Gasteiger partial charge in [-0.05, 0) is 25.0 Å². The third-order valence-corrected chi connectivity index (χ3v) is 3.31. The molecule has 3 N–H and O–H groups in total. The Balaban J connectivity index is 2.03. The van der Waals surface area contributed by atoms with Crippen molar-refractivity contribution < 1.29 is 4.79 Å². The van der Waals surface area contributed by atoms with Crippen LogP contribution in [0, 0.1) is 0 Å². The number of carbonyl (C=O) groups excluding carboxylic acids is 1. The second kappa shape index (κ2) is 3.87. The lowest BCUT2D eigenvalue weighted by molar-refractivity contribution is 0.0977. The van der Waals surface area contributed by atoms with Gasteiger partial charge in [0.1, 0.15) is 5.69 Å². The van der Waals surface area contributed by atoms with Crippen molar-refractivity contribution in [2.75, 3.05) is 10.6 Å². The first-order valence-corrected chi connectivity index (χ1v) is 5.89. The molecule has 1 aromatic heterocycles. The van der Waals surface area contributed by atoms with E-state index >= 15 is 0 Å². The van der Waals surface area contributed by atoms with Gasteiger partial charge in [-0.15, -0.1) is 0 Å². The predicted octanol–water partition coefficient (Wildman–Crippen LogP) is 1.58. The van der Waals surface area contributed by atoms with Crippen LogP contribution in [-0.4, -0.2) is 22.1 Å². The molecule has 0 radical (unpaired) electrons. The van der Waals surface area contributed by atoms with Gasteiger partial charge in [-0.2, -0.15) is 5.10 Å². The normalized spacial score (nSPS) is 17.8. The zero-order valence-electron chi connectivity index (χ0n) is 10.1. The molecule has 1 atom stereocenters. The highest BCUT2D eigenvalue weighted by Crippen LogP contribution is 2.33. The number of amides is 1. The minimum absolute atomic E-state index is 0.123. The molecule has 2 heterocycles. The number of hydrogen-bond acceptors (Lipinski definition) is 3. The van der Waals surface area contributed by atoms with Crippen LogP contribution in [0.1, 0.15) is 23.0 Å². The van der Waals surface area contributed by atoms with E-state index in [1.165, 1.54) is 11.8 Å². The van der Waals surface area contributed by atoms with Crippen molar-refractivity contribution in [2.45, 2.75) is 19.4 Å². The van der Waals surface area contributed by atoms with E-state index in [0.29, 0.717) is 11.4 Å². The number of aromatic nitrogens is 2. The lowest BCUT2D eigenvalue weighted by atomic mass is 10.1. The van der Waals surface area contributed by atoms with Gasteiger partial charge in [0.2, 0.25) is 0 Å². The first-order chi connectivity index (χ1) is 8.68. The molecule has 1 aliphatic rings. The molecule has 1 unspecified atom stereocenters. The smallest absolute Gasteiger partial charge is 0.278 e. The van der Waals surface area contributed by atoms with Crippen molar-refractivity contribution >= 4 is 17.3 Å². The summed E-state index contributed by atoms with van der Waals surface area (Å²) in [6.07, 6.45) is 2.33. The van der Waals surface area contributed by atoms with E-state index in [1.54, 1.807) is 4.90 Å². The number of H-pyrrole nitrogens is 1. The molecule has 0 saturated heterocycles. The van der Waals surface area contributed by atoms with Gasteiger partial charge >= 0.3 is 0 Å². The lowest BCUT2D eigenvalue weighted by Crippen LogP contribution is -2.36. The summed E-state index contributed by atoms with van der Waals surface area (Å²) in [4.78, 5) is 14.3. The topological polar surface area (TPSA) is 75.0 Å². The maximum Gasteiger partial charge on any atom is 0.278 e. The molecule has 92 valence electrons. The highest BCUT2D eigenvalue weighted by atomic mass is 16.2. The summed E-state index contributed by atoms with van der Waals surface area (Å²) in [6, 6.07) is 8.08. The number of nitrogens with one attached hydrogen (secondary N) is 1. The van der Waals surface area contributed by atoms with Crippen molar-refractivity contribution in [1.29, 1.82) is 0 Å². The summed E-state index contributed by atoms with van der Waals surface area (Å²) in [5.41, 5.74) is 8.63. The molecular weight excluding hydrogens is 228 g/mol. The van der Waals surface area contributed by atoms with Crippen molar-refractivity contribution in [3.05, 3.63) is 41.7 Å². The van der Waals surface area contributed by atoms with E-state index in [0.717, 1.165) is 12.1 Å². The van der Waals surface area contributed by atoms with Gasteiger partial charge in [-0.3, -0.25) is 9.89 Å². The first-order valence-electron chi connectivity index (χ1n) is 5.89. The SMILES string of the molecule is CC1Cc2ccccc2N1C(=O)c1[nH]ncc1N. The molecule has 5 heteroatoms. The van der Waals surface area contributed by atoms with Gasteiger partial charge in [-0.1, -0.05) is 18.2 Å². The minimum Gasteiger partial charge on any atom is -0.396 e. The maximum atomic E-state index is 12.5. The van der Waals surface area contributed by atoms with Crippen molar-refractivity contribution in [3.63, 3.8) is 0 Å². The third kappa shape index (κ3) is 1.48. The fraction of sp³-hybridized carbons (Fsp3) is 0.231. The molecule has 18 heavy (non-hydrogen) atoms. The Kier molecular flexibility index (Phi) is 2.33. The number of anilines is 2. The summed E-state index contributed by atoms with van der Waals surface area (Å²) >= 11 is 0. The number of nitrogens with zero attached hydrogens (tertiary/aromatic N) is 2. The molecule has 0 fully saturated rings. The Bertz CT molecular complexity index is 605. The first kappa shape index (κ1) is 10.8. The molecule has 0 saturated carbocycles. The number of hydrogen-bond donors (Lipinski definition) is 2. The van der Waals surface area contributed by atoms with Crippen LogP contribution in [0.2, 0.25) is 0 Å². The van der Waals surface area contributed by atoms with E-state index in [1.807, 2.05) is 25.1 Å². The number of fused-ring (bicyclic) bond motifs is 1. The minimum atomic E-state index is -0.123. The van der Waals surface area contributed by atoms with Crippen LogP contribution in [0.4, 0.5) is 11.4 Å². The van der Waals surface area contributed by atoms with E-state index in [4.69, 9.17) is 5.73 Å². The Labute approximate surface area is 105 Å². The summed E-state index contributed by atoms with van der Waals surface area (Å²) in [5, 5.41) is 6.46. The summed E-state index contributed by atoms with van der Waals surface area (Å²) in [6.45, 7) is 2.03. The molecular formula is C13H14N4O. The van der Waals surface area contributed by atoms with Gasteiger partial charge in [0.05, 0.1) is 11.9 Å². The molecule has 1 aliphatic heterocycles. The van der Waals surface area contributed by atoms with E-state index in [-0.39, 0.29) is 11.9 Å². The van der Waals surface area contributed by atoms with Crippen LogP contribution in [-0.2, 0) is 6.42 Å². The van der Waals surface area contributed by atoms with Gasteiger partial charge in [-0.25, -0.2) is 0 Å². The molecule has 0 bridgehead atoms. The number of benzene rings is 1. The number of rotatable bonds is 1. The van der Waals surface area contributed by atoms with E-state index < -0.39 is 0 Å². The molecule has 3 rings (SSSR count). The van der Waals surface area contributed by atoms with Crippen LogP contribution < -0.4 is 10.6 Å².